The second-order valence-electron chi connectivity index (χ2n) is 13.5. The van der Waals surface area contributed by atoms with E-state index in [0.717, 1.165) is 109 Å². The van der Waals surface area contributed by atoms with Crippen molar-refractivity contribution in [3.05, 3.63) is 93.7 Å². The highest BCUT2D eigenvalue weighted by atomic mass is 35.5. The fraction of sp³-hybridized carbons (Fsp3) is 0.375. The van der Waals surface area contributed by atoms with Gasteiger partial charge in [-0.3, -0.25) is 4.68 Å². The largest absolute Gasteiger partial charge is 0.493 e. The van der Waals surface area contributed by atoms with E-state index >= 15 is 0 Å². The van der Waals surface area contributed by atoms with Gasteiger partial charge in [0.05, 0.1) is 41.3 Å². The van der Waals surface area contributed by atoms with Crippen LogP contribution in [0.3, 0.4) is 0 Å². The SMILES string of the molecule is COC(=O)c1c2c3ccc(Cl)c(c3n1C)-c1c(nn(C)c1C)CSCc1cc(nn1C1CCCCO1)CSc1cc(c3ccccc3c1)OCCC2. The van der Waals surface area contributed by atoms with Crippen LogP contribution in [0.2, 0.25) is 5.02 Å². The van der Waals surface area contributed by atoms with Gasteiger partial charge < -0.3 is 18.8 Å². The molecule has 0 N–H and O–H groups in total. The number of hydrogen-bond acceptors (Lipinski definition) is 8. The van der Waals surface area contributed by atoms with Crippen LogP contribution in [0, 0.1) is 6.92 Å². The number of hydrogen-bond donors (Lipinski definition) is 0. The van der Waals surface area contributed by atoms with E-state index in [1.54, 1.807) is 11.8 Å². The molecule has 270 valence electrons. The number of methoxy groups -OCH3 is 1. The maximum atomic E-state index is 13.4. The molecule has 3 aromatic carbocycles. The zero-order valence-electron chi connectivity index (χ0n) is 29.9. The van der Waals surface area contributed by atoms with Crippen molar-refractivity contribution < 1.29 is 19.0 Å². The van der Waals surface area contributed by atoms with Crippen LogP contribution in [0.1, 0.15) is 70.7 Å². The molecule has 12 heteroatoms. The summed E-state index contributed by atoms with van der Waals surface area (Å²) in [6, 6.07) is 18.9. The minimum absolute atomic E-state index is 0.0612. The Balaban J connectivity index is 1.26. The van der Waals surface area contributed by atoms with Gasteiger partial charge in [0.1, 0.15) is 17.7 Å². The third-order valence-corrected chi connectivity index (χ3v) is 12.5. The number of esters is 1. The highest BCUT2D eigenvalue weighted by molar-refractivity contribution is 7.98. The number of rotatable bonds is 2. The van der Waals surface area contributed by atoms with Crippen LogP contribution >= 0.6 is 35.1 Å². The van der Waals surface area contributed by atoms with Crippen molar-refractivity contribution in [1.82, 2.24) is 24.1 Å². The van der Waals surface area contributed by atoms with Gasteiger partial charge in [0.2, 0.25) is 0 Å². The molecule has 0 amide bonds. The number of benzene rings is 3. The van der Waals surface area contributed by atoms with Crippen LogP contribution < -0.4 is 4.74 Å². The molecule has 0 saturated carbocycles. The smallest absolute Gasteiger partial charge is 0.354 e. The Morgan fingerprint density at radius 3 is 2.65 bits per heavy atom. The lowest BCUT2D eigenvalue weighted by Gasteiger charge is -2.24. The third kappa shape index (κ3) is 6.50. The predicted octanol–water partition coefficient (Wildman–Crippen LogP) is 9.43. The number of fused-ring (bicyclic) bond motifs is 8. The number of aryl methyl sites for hydroxylation is 3. The first-order valence-corrected chi connectivity index (χ1v) is 20.3. The van der Waals surface area contributed by atoms with Gasteiger partial charge in [0.25, 0.3) is 0 Å². The van der Waals surface area contributed by atoms with Gasteiger partial charge >= 0.3 is 5.97 Å². The second-order valence-corrected chi connectivity index (χ2v) is 15.9. The molecule has 1 saturated heterocycles. The van der Waals surface area contributed by atoms with E-state index in [2.05, 4.69) is 48.0 Å². The van der Waals surface area contributed by atoms with Crippen LogP contribution in [0.15, 0.2) is 59.5 Å². The predicted molar refractivity (Wildman–Crippen MR) is 210 cm³/mol. The van der Waals surface area contributed by atoms with E-state index in [-0.39, 0.29) is 12.2 Å². The fourth-order valence-corrected chi connectivity index (χ4v) is 9.70. The lowest BCUT2D eigenvalue weighted by atomic mass is 9.98. The molecule has 1 fully saturated rings. The normalized spacial score (nSPS) is 17.1. The molecule has 9 nitrogen and oxygen atoms in total. The maximum Gasteiger partial charge on any atom is 0.354 e. The molecule has 1 atom stereocenters. The Morgan fingerprint density at radius 1 is 0.962 bits per heavy atom. The summed E-state index contributed by atoms with van der Waals surface area (Å²) in [7, 11) is 5.33. The summed E-state index contributed by atoms with van der Waals surface area (Å²) in [5.41, 5.74) is 8.35. The molecule has 2 aliphatic rings. The molecule has 3 aromatic heterocycles. The van der Waals surface area contributed by atoms with Crippen molar-refractivity contribution in [2.24, 2.45) is 14.1 Å². The van der Waals surface area contributed by atoms with Gasteiger partial charge in [0.15, 0.2) is 0 Å². The van der Waals surface area contributed by atoms with E-state index in [1.807, 2.05) is 53.3 Å². The van der Waals surface area contributed by atoms with Gasteiger partial charge in [-0.1, -0.05) is 41.9 Å². The van der Waals surface area contributed by atoms with E-state index in [0.29, 0.717) is 35.9 Å². The van der Waals surface area contributed by atoms with Crippen molar-refractivity contribution in [1.29, 1.82) is 0 Å². The highest BCUT2D eigenvalue weighted by Gasteiger charge is 2.28. The Hall–Kier alpha value is -3.90. The molecule has 2 aliphatic heterocycles. The average Bonchev–Trinajstić information content (AvgIpc) is 3.79. The fourth-order valence-electron chi connectivity index (χ4n) is 7.68. The molecule has 1 unspecified atom stereocenters. The van der Waals surface area contributed by atoms with Gasteiger partial charge in [0, 0.05) is 70.4 Å². The summed E-state index contributed by atoms with van der Waals surface area (Å²) in [5.74, 6) is 2.62. The van der Waals surface area contributed by atoms with Crippen LogP contribution in [0.25, 0.3) is 32.8 Å². The number of halogens is 1. The summed E-state index contributed by atoms with van der Waals surface area (Å²) >= 11 is 10.7. The first-order valence-electron chi connectivity index (χ1n) is 17.8. The molecule has 8 rings (SSSR count). The Morgan fingerprint density at radius 2 is 1.83 bits per heavy atom. The van der Waals surface area contributed by atoms with Crippen LogP contribution in [-0.2, 0) is 47.2 Å². The number of carbonyl (C=O) groups excluding carboxylic acids is 1. The molecule has 5 heterocycles. The molecule has 8 bridgehead atoms. The van der Waals surface area contributed by atoms with Gasteiger partial charge in [-0.2, -0.15) is 10.2 Å². The van der Waals surface area contributed by atoms with Gasteiger partial charge in [-0.15, -0.1) is 23.5 Å². The molecule has 0 spiro atoms. The van der Waals surface area contributed by atoms with E-state index in [4.69, 9.17) is 36.0 Å². The van der Waals surface area contributed by atoms with Crippen LogP contribution in [-0.4, -0.2) is 50.4 Å². The van der Waals surface area contributed by atoms with Crippen molar-refractivity contribution in [3.63, 3.8) is 0 Å². The molecular weight excluding hydrogens is 714 g/mol. The summed E-state index contributed by atoms with van der Waals surface area (Å²) in [5, 5.41) is 13.9. The standard InChI is InChI=1S/C40H42ClN5O4S2/c1-24-36-33(43-45(24)3)23-51-22-27-19-26(42-46(27)35-13-7-8-16-50-35)21-52-28-18-25-10-5-6-11-29(25)34(20-28)49-17-9-12-30-31-14-15-32(41)37(36)38(31)44(2)39(30)40(47)48-4/h5-6,10-11,14-15,18-20,35H,7-9,12-13,16-17,21-23H2,1-4H3. The quantitative estimate of drug-likeness (QED) is 0.162. The Labute approximate surface area is 316 Å². The molecule has 0 radical (unpaired) electrons. The van der Waals surface area contributed by atoms with Crippen molar-refractivity contribution in [3.8, 4) is 16.9 Å². The summed E-state index contributed by atoms with van der Waals surface area (Å²) in [6.45, 7) is 3.31. The summed E-state index contributed by atoms with van der Waals surface area (Å²) in [4.78, 5) is 14.5. The van der Waals surface area contributed by atoms with Gasteiger partial charge in [-0.25, -0.2) is 9.48 Å². The summed E-state index contributed by atoms with van der Waals surface area (Å²) in [6.07, 6.45) is 4.42. The van der Waals surface area contributed by atoms with Crippen molar-refractivity contribution >= 4 is 62.8 Å². The monoisotopic (exact) mass is 755 g/mol. The number of aromatic nitrogens is 5. The molecular formula is C40H42ClN5O4S2. The topological polar surface area (TPSA) is 85.3 Å². The first kappa shape index (κ1) is 35.1. The van der Waals surface area contributed by atoms with Crippen LogP contribution in [0.5, 0.6) is 5.75 Å². The number of thioether (sulfide) groups is 2. The third-order valence-electron chi connectivity index (χ3n) is 10.2. The lowest BCUT2D eigenvalue weighted by Crippen LogP contribution is -2.21. The number of carbonyl (C=O) groups is 1. The molecule has 0 aliphatic carbocycles. The van der Waals surface area contributed by atoms with Gasteiger partial charge in [-0.05, 0) is 74.2 Å². The maximum absolute atomic E-state index is 13.4. The second kappa shape index (κ2) is 14.9. The zero-order valence-corrected chi connectivity index (χ0v) is 32.3. The Kier molecular flexibility index (Phi) is 10.0. The average molecular weight is 756 g/mol. The lowest BCUT2D eigenvalue weighted by molar-refractivity contribution is -0.0408. The zero-order chi connectivity index (χ0) is 35.9. The van der Waals surface area contributed by atoms with E-state index < -0.39 is 0 Å². The minimum Gasteiger partial charge on any atom is -0.493 e. The van der Waals surface area contributed by atoms with E-state index in [9.17, 15) is 4.79 Å². The minimum atomic E-state index is -0.376. The van der Waals surface area contributed by atoms with E-state index in [1.165, 1.54) is 7.11 Å². The molecule has 6 aromatic rings. The Bertz CT molecular complexity index is 2300. The number of ether oxygens (including phenoxy) is 3. The highest BCUT2D eigenvalue weighted by Crippen LogP contribution is 2.43. The van der Waals surface area contributed by atoms with Crippen molar-refractivity contribution in [2.45, 2.75) is 67.4 Å². The summed E-state index contributed by atoms with van der Waals surface area (Å²) < 4.78 is 24.1. The number of nitrogens with zero attached hydrogens (tertiary/aromatic N) is 5. The first-order chi connectivity index (χ1) is 25.3. The van der Waals surface area contributed by atoms with Crippen LogP contribution in [0.4, 0.5) is 0 Å². The van der Waals surface area contributed by atoms with Crippen molar-refractivity contribution in [2.75, 3.05) is 20.3 Å². The molecule has 52 heavy (non-hydrogen) atoms.